The number of hydrogen-bond donors (Lipinski definition) is 0. The Balaban J connectivity index is 2.83. The van der Waals surface area contributed by atoms with E-state index in [4.69, 9.17) is 21.1 Å². The molecule has 0 amide bonds. The second-order valence-corrected chi connectivity index (χ2v) is 2.70. The zero-order valence-electron chi connectivity index (χ0n) is 7.58. The van der Waals surface area contributed by atoms with E-state index in [1.165, 1.54) is 0 Å². The lowest BCUT2D eigenvalue weighted by Gasteiger charge is -2.04. The molecule has 1 rings (SSSR count). The summed E-state index contributed by atoms with van der Waals surface area (Å²) in [6.07, 6.45) is 0. The Morgan fingerprint density at radius 2 is 2.23 bits per heavy atom. The van der Waals surface area contributed by atoms with Gasteiger partial charge in [-0.15, -0.1) is 0 Å². The number of halogens is 1. The van der Waals surface area contributed by atoms with Gasteiger partial charge in [-0.3, -0.25) is 0 Å². The number of rotatable bonds is 4. The van der Waals surface area contributed by atoms with Gasteiger partial charge in [0.2, 0.25) is 5.88 Å². The maximum atomic E-state index is 5.73. The monoisotopic (exact) mass is 202 g/mol. The number of ether oxygens (including phenoxy) is 2. The van der Waals surface area contributed by atoms with Crippen molar-refractivity contribution >= 4 is 11.6 Å². The smallest absolute Gasteiger partial charge is 0.218 e. The molecule has 1 aromatic heterocycles. The third-order valence-electron chi connectivity index (χ3n) is 1.28. The predicted molar refractivity (Wildman–Crippen MR) is 48.9 cm³/mol. The van der Waals surface area contributed by atoms with Crippen LogP contribution in [0.25, 0.3) is 0 Å². The number of nitrogens with zero attached hydrogens (tertiary/aromatic N) is 2. The van der Waals surface area contributed by atoms with Crippen molar-refractivity contribution in [3.05, 3.63) is 17.0 Å². The molecule has 0 aliphatic rings. The lowest BCUT2D eigenvalue weighted by atomic mass is 10.5. The van der Waals surface area contributed by atoms with E-state index >= 15 is 0 Å². The predicted octanol–water partition coefficient (Wildman–Crippen LogP) is 1.68. The van der Waals surface area contributed by atoms with E-state index in [-0.39, 0.29) is 0 Å². The molecule has 0 fully saturated rings. The molecule has 0 N–H and O–H groups in total. The number of methoxy groups -OCH3 is 1. The highest BCUT2D eigenvalue weighted by Crippen LogP contribution is 2.13. The van der Waals surface area contributed by atoms with Crippen LogP contribution >= 0.6 is 11.6 Å². The molecule has 4 nitrogen and oxygen atoms in total. The first-order chi connectivity index (χ1) is 6.26. The fourth-order valence-corrected chi connectivity index (χ4v) is 1.05. The van der Waals surface area contributed by atoms with Gasteiger partial charge in [0.15, 0.2) is 5.82 Å². The van der Waals surface area contributed by atoms with Crippen molar-refractivity contribution in [1.29, 1.82) is 0 Å². The van der Waals surface area contributed by atoms with Crippen LogP contribution in [0.4, 0.5) is 0 Å². The van der Waals surface area contributed by atoms with Gasteiger partial charge >= 0.3 is 0 Å². The van der Waals surface area contributed by atoms with Crippen molar-refractivity contribution in [1.82, 2.24) is 9.97 Å². The molecule has 13 heavy (non-hydrogen) atoms. The SMILES string of the molecule is CCOc1cc(Cl)nc(COC)n1. The molecule has 0 aliphatic heterocycles. The average Bonchev–Trinajstić information content (AvgIpc) is 2.04. The van der Waals surface area contributed by atoms with Gasteiger partial charge in [-0.2, -0.15) is 4.98 Å². The van der Waals surface area contributed by atoms with Crippen LogP contribution in [0, 0.1) is 0 Å². The van der Waals surface area contributed by atoms with Crippen LogP contribution in [0.2, 0.25) is 5.15 Å². The molecule has 72 valence electrons. The average molecular weight is 203 g/mol. The highest BCUT2D eigenvalue weighted by atomic mass is 35.5. The molecule has 0 spiro atoms. The molecule has 0 saturated carbocycles. The van der Waals surface area contributed by atoms with Crippen LogP contribution in [-0.2, 0) is 11.3 Å². The summed E-state index contributed by atoms with van der Waals surface area (Å²) >= 11 is 5.73. The van der Waals surface area contributed by atoms with E-state index in [2.05, 4.69) is 9.97 Å². The van der Waals surface area contributed by atoms with E-state index in [1.807, 2.05) is 6.92 Å². The number of aromatic nitrogens is 2. The molecule has 0 saturated heterocycles. The second kappa shape index (κ2) is 4.99. The number of hydrogen-bond acceptors (Lipinski definition) is 4. The first kappa shape index (κ1) is 10.2. The van der Waals surface area contributed by atoms with Crippen LogP contribution in [0.3, 0.4) is 0 Å². The van der Waals surface area contributed by atoms with Gasteiger partial charge in [-0.25, -0.2) is 4.98 Å². The second-order valence-electron chi connectivity index (χ2n) is 2.31. The van der Waals surface area contributed by atoms with Gasteiger partial charge in [0.25, 0.3) is 0 Å². The fraction of sp³-hybridized carbons (Fsp3) is 0.500. The first-order valence-corrected chi connectivity index (χ1v) is 4.29. The molecule has 5 heteroatoms. The van der Waals surface area contributed by atoms with Gasteiger partial charge in [0.1, 0.15) is 11.8 Å². The third kappa shape index (κ3) is 3.16. The highest BCUT2D eigenvalue weighted by molar-refractivity contribution is 6.29. The molecule has 0 unspecified atom stereocenters. The van der Waals surface area contributed by atoms with E-state index in [0.717, 1.165) is 0 Å². The Labute approximate surface area is 81.9 Å². The minimum absolute atomic E-state index is 0.334. The fourth-order valence-electron chi connectivity index (χ4n) is 0.857. The maximum Gasteiger partial charge on any atom is 0.218 e. The molecule has 1 aromatic rings. The molecular weight excluding hydrogens is 192 g/mol. The van der Waals surface area contributed by atoms with Gasteiger partial charge in [0.05, 0.1) is 6.61 Å². The normalized spacial score (nSPS) is 10.1. The molecule has 0 radical (unpaired) electrons. The Kier molecular flexibility index (Phi) is 3.92. The summed E-state index contributed by atoms with van der Waals surface area (Å²) in [6.45, 7) is 2.77. The summed E-state index contributed by atoms with van der Waals surface area (Å²) in [4.78, 5) is 8.03. The maximum absolute atomic E-state index is 5.73. The van der Waals surface area contributed by atoms with E-state index in [1.54, 1.807) is 13.2 Å². The van der Waals surface area contributed by atoms with Crippen LogP contribution in [0.5, 0.6) is 5.88 Å². The summed E-state index contributed by atoms with van der Waals surface area (Å²) in [5, 5.41) is 0.366. The Bertz CT molecular complexity index is 257. The van der Waals surface area contributed by atoms with Crippen molar-refractivity contribution in [3.63, 3.8) is 0 Å². The summed E-state index contributed by atoms with van der Waals surface area (Å²) in [5.41, 5.74) is 0. The van der Waals surface area contributed by atoms with Crippen molar-refractivity contribution in [2.24, 2.45) is 0 Å². The van der Waals surface area contributed by atoms with Crippen molar-refractivity contribution in [2.75, 3.05) is 13.7 Å². The molecule has 0 bridgehead atoms. The van der Waals surface area contributed by atoms with Crippen LogP contribution in [0.1, 0.15) is 12.7 Å². The van der Waals surface area contributed by atoms with Gasteiger partial charge in [-0.05, 0) is 6.92 Å². The van der Waals surface area contributed by atoms with Crippen LogP contribution in [0.15, 0.2) is 6.07 Å². The zero-order valence-corrected chi connectivity index (χ0v) is 8.34. The minimum atomic E-state index is 0.334. The standard InChI is InChI=1S/C8H11ClN2O2/c1-3-13-8-4-6(9)10-7(11-8)5-12-2/h4H,3,5H2,1-2H3. The van der Waals surface area contributed by atoms with Crippen LogP contribution in [-0.4, -0.2) is 23.7 Å². The third-order valence-corrected chi connectivity index (χ3v) is 1.48. The van der Waals surface area contributed by atoms with Crippen LogP contribution < -0.4 is 4.74 Å². The van der Waals surface area contributed by atoms with E-state index in [0.29, 0.717) is 30.1 Å². The molecule has 0 aliphatic carbocycles. The Hall–Kier alpha value is -0.870. The van der Waals surface area contributed by atoms with E-state index < -0.39 is 0 Å². The summed E-state index contributed by atoms with van der Waals surface area (Å²) < 4.78 is 10.1. The van der Waals surface area contributed by atoms with E-state index in [9.17, 15) is 0 Å². The topological polar surface area (TPSA) is 44.2 Å². The molecule has 1 heterocycles. The lowest BCUT2D eigenvalue weighted by molar-refractivity contribution is 0.176. The van der Waals surface area contributed by atoms with Crippen molar-refractivity contribution < 1.29 is 9.47 Å². The van der Waals surface area contributed by atoms with Gasteiger partial charge < -0.3 is 9.47 Å². The van der Waals surface area contributed by atoms with Gasteiger partial charge in [0, 0.05) is 13.2 Å². The molecule has 0 atom stereocenters. The van der Waals surface area contributed by atoms with Crippen molar-refractivity contribution in [2.45, 2.75) is 13.5 Å². The quantitative estimate of drug-likeness (QED) is 0.697. The minimum Gasteiger partial charge on any atom is -0.478 e. The molecular formula is C8H11ClN2O2. The zero-order chi connectivity index (χ0) is 9.68. The molecule has 0 aromatic carbocycles. The Morgan fingerprint density at radius 3 is 2.85 bits per heavy atom. The highest BCUT2D eigenvalue weighted by Gasteiger charge is 2.02. The van der Waals surface area contributed by atoms with Gasteiger partial charge in [-0.1, -0.05) is 11.6 Å². The summed E-state index contributed by atoms with van der Waals surface area (Å²) in [5.74, 6) is 1.01. The Morgan fingerprint density at radius 1 is 1.46 bits per heavy atom. The summed E-state index contributed by atoms with van der Waals surface area (Å²) in [7, 11) is 1.57. The lowest BCUT2D eigenvalue weighted by Crippen LogP contribution is -2.01. The largest absolute Gasteiger partial charge is 0.478 e. The first-order valence-electron chi connectivity index (χ1n) is 3.91. The summed E-state index contributed by atoms with van der Waals surface area (Å²) in [6, 6.07) is 1.57. The van der Waals surface area contributed by atoms with Crippen molar-refractivity contribution in [3.8, 4) is 5.88 Å².